The van der Waals surface area contributed by atoms with E-state index in [-0.39, 0.29) is 23.4 Å². The average molecular weight is 516 g/mol. The highest BCUT2D eigenvalue weighted by Crippen LogP contribution is 2.52. The van der Waals surface area contributed by atoms with Crippen LogP contribution in [0.4, 0.5) is 13.2 Å². The van der Waals surface area contributed by atoms with E-state index in [4.69, 9.17) is 4.74 Å². The standard InChI is InChI=1S/C28H28F3NO3S/c1-16-15-27(2,3)32-22-12-11-20-25-18(8-6-10-23(25)35-4)14-21(26(20)24(16)22)17-7-5-9-19(13-17)36(33,34)28(29,30)31/h5-13,15,21-22,24,32H,14H2,1-4H3. The minimum atomic E-state index is -5.46. The van der Waals surface area contributed by atoms with E-state index in [9.17, 15) is 21.6 Å². The largest absolute Gasteiger partial charge is 0.501 e. The minimum Gasteiger partial charge on any atom is -0.496 e. The number of hydrogen-bond acceptors (Lipinski definition) is 4. The lowest BCUT2D eigenvalue weighted by Crippen LogP contribution is -2.53. The second-order valence-corrected chi connectivity index (χ2v) is 12.2. The predicted octanol–water partition coefficient (Wildman–Crippen LogP) is 5.96. The van der Waals surface area contributed by atoms with E-state index in [0.717, 1.165) is 34.1 Å². The van der Waals surface area contributed by atoms with Crippen molar-refractivity contribution < 1.29 is 26.3 Å². The molecule has 0 aromatic heterocycles. The molecule has 1 aliphatic heterocycles. The van der Waals surface area contributed by atoms with Gasteiger partial charge in [-0.1, -0.05) is 48.1 Å². The predicted molar refractivity (Wildman–Crippen MR) is 133 cm³/mol. The number of hydrogen-bond donors (Lipinski definition) is 1. The summed E-state index contributed by atoms with van der Waals surface area (Å²) in [5.41, 5.74) is 0.189. The third-order valence-corrected chi connectivity index (χ3v) is 8.85. The number of ether oxygens (including phenoxy) is 1. The number of halogens is 3. The molecule has 0 fully saturated rings. The number of benzene rings is 2. The summed E-state index contributed by atoms with van der Waals surface area (Å²) in [6.07, 6.45) is 6.93. The van der Waals surface area contributed by atoms with E-state index in [1.165, 1.54) is 17.7 Å². The molecule has 1 N–H and O–H groups in total. The van der Waals surface area contributed by atoms with Gasteiger partial charge in [-0.3, -0.25) is 0 Å². The SMILES string of the molecule is COc1cccc2c1C1=C(C(c3cccc(S(=O)(=O)C(F)(F)F)c3)C2)C2C(C)=CC(C)(C)NC2C=C1. The number of sulfone groups is 1. The Hall–Kier alpha value is -2.84. The number of alkyl halides is 3. The van der Waals surface area contributed by atoms with Crippen LogP contribution in [0.25, 0.3) is 5.57 Å². The first-order valence-corrected chi connectivity index (χ1v) is 13.3. The molecule has 0 radical (unpaired) electrons. The summed E-state index contributed by atoms with van der Waals surface area (Å²) in [7, 11) is -3.84. The topological polar surface area (TPSA) is 55.4 Å². The first-order valence-electron chi connectivity index (χ1n) is 11.8. The molecule has 36 heavy (non-hydrogen) atoms. The van der Waals surface area contributed by atoms with Crippen LogP contribution in [0.1, 0.15) is 43.4 Å². The van der Waals surface area contributed by atoms with Crippen LogP contribution in [0.2, 0.25) is 0 Å². The van der Waals surface area contributed by atoms with Crippen LogP contribution in [0, 0.1) is 5.92 Å². The molecule has 0 amide bonds. The lowest BCUT2D eigenvalue weighted by molar-refractivity contribution is -0.0436. The number of allylic oxidation sites excluding steroid dienone is 2. The second kappa shape index (κ2) is 8.35. The van der Waals surface area contributed by atoms with Gasteiger partial charge in [0.1, 0.15) is 5.75 Å². The van der Waals surface area contributed by atoms with Gasteiger partial charge in [0.2, 0.25) is 0 Å². The van der Waals surface area contributed by atoms with E-state index in [1.807, 2.05) is 18.2 Å². The van der Waals surface area contributed by atoms with Gasteiger partial charge in [0, 0.05) is 29.0 Å². The number of rotatable bonds is 3. The van der Waals surface area contributed by atoms with Crippen molar-refractivity contribution in [2.24, 2.45) is 5.92 Å². The monoisotopic (exact) mass is 515 g/mol. The zero-order valence-corrected chi connectivity index (χ0v) is 21.3. The number of methoxy groups -OCH3 is 1. The van der Waals surface area contributed by atoms with Crippen LogP contribution in [0.15, 0.2) is 76.7 Å². The van der Waals surface area contributed by atoms with E-state index in [2.05, 4.69) is 44.3 Å². The first-order chi connectivity index (χ1) is 16.8. The van der Waals surface area contributed by atoms with Crippen molar-refractivity contribution in [3.05, 3.63) is 88.5 Å². The van der Waals surface area contributed by atoms with E-state index in [0.29, 0.717) is 12.0 Å². The third-order valence-electron chi connectivity index (χ3n) is 7.37. The molecule has 3 unspecified atom stereocenters. The molecule has 190 valence electrons. The van der Waals surface area contributed by atoms with Gasteiger partial charge >= 0.3 is 5.51 Å². The molecule has 0 saturated heterocycles. The summed E-state index contributed by atoms with van der Waals surface area (Å²) in [6.45, 7) is 6.29. The van der Waals surface area contributed by atoms with Crippen molar-refractivity contribution in [2.45, 2.75) is 55.1 Å². The fourth-order valence-corrected chi connectivity index (χ4v) is 6.89. The number of nitrogens with one attached hydrogen (secondary N) is 1. The maximum absolute atomic E-state index is 13.4. The summed E-state index contributed by atoms with van der Waals surface area (Å²) in [4.78, 5) is -0.732. The Morgan fingerprint density at radius 3 is 2.53 bits per heavy atom. The number of fused-ring (bicyclic) bond motifs is 4. The van der Waals surface area contributed by atoms with Crippen molar-refractivity contribution in [2.75, 3.05) is 7.11 Å². The molecule has 0 bridgehead atoms. The summed E-state index contributed by atoms with van der Waals surface area (Å²) in [5.74, 6) is 0.413. The van der Waals surface area contributed by atoms with Crippen LogP contribution < -0.4 is 10.1 Å². The fourth-order valence-electron chi connectivity index (χ4n) is 6.07. The lowest BCUT2D eigenvalue weighted by atomic mass is 9.64. The zero-order chi connectivity index (χ0) is 26.0. The molecule has 0 saturated carbocycles. The Morgan fingerprint density at radius 2 is 1.83 bits per heavy atom. The van der Waals surface area contributed by atoms with Crippen LogP contribution in [-0.4, -0.2) is 32.6 Å². The molecule has 2 aromatic carbocycles. The highest BCUT2D eigenvalue weighted by molar-refractivity contribution is 7.92. The highest BCUT2D eigenvalue weighted by atomic mass is 32.2. The van der Waals surface area contributed by atoms with Crippen molar-refractivity contribution in [3.63, 3.8) is 0 Å². The Kier molecular flexibility index (Phi) is 5.76. The zero-order valence-electron chi connectivity index (χ0n) is 20.5. The van der Waals surface area contributed by atoms with Crippen LogP contribution in [0.5, 0.6) is 5.75 Å². The normalized spacial score (nSPS) is 25.0. The average Bonchev–Trinajstić information content (AvgIpc) is 2.81. The van der Waals surface area contributed by atoms with E-state index < -0.39 is 20.2 Å². The molecule has 8 heteroatoms. The van der Waals surface area contributed by atoms with Gasteiger partial charge in [-0.2, -0.15) is 13.2 Å². The lowest BCUT2D eigenvalue weighted by Gasteiger charge is -2.46. The quantitative estimate of drug-likeness (QED) is 0.512. The summed E-state index contributed by atoms with van der Waals surface area (Å²) in [5, 5.41) is 3.66. The summed E-state index contributed by atoms with van der Waals surface area (Å²) >= 11 is 0. The van der Waals surface area contributed by atoms with Gasteiger partial charge in [-0.05, 0) is 67.7 Å². The van der Waals surface area contributed by atoms with Gasteiger partial charge < -0.3 is 10.1 Å². The first kappa shape index (κ1) is 24.8. The van der Waals surface area contributed by atoms with Gasteiger partial charge in [-0.15, -0.1) is 0 Å². The van der Waals surface area contributed by atoms with Crippen LogP contribution in [0.3, 0.4) is 0 Å². The molecule has 1 heterocycles. The molecule has 4 nitrogen and oxygen atoms in total. The molecule has 2 aromatic rings. The minimum absolute atomic E-state index is 0.00426. The van der Waals surface area contributed by atoms with Crippen molar-refractivity contribution >= 4 is 15.4 Å². The molecule has 5 rings (SSSR count). The molecule has 0 spiro atoms. The Balaban J connectivity index is 1.74. The summed E-state index contributed by atoms with van der Waals surface area (Å²) < 4.78 is 70.2. The fraction of sp³-hybridized carbons (Fsp3) is 0.357. The maximum Gasteiger partial charge on any atom is 0.501 e. The van der Waals surface area contributed by atoms with Gasteiger partial charge in [0.15, 0.2) is 0 Å². The van der Waals surface area contributed by atoms with E-state index >= 15 is 0 Å². The van der Waals surface area contributed by atoms with Crippen LogP contribution in [-0.2, 0) is 16.3 Å². The van der Waals surface area contributed by atoms with Crippen molar-refractivity contribution in [1.82, 2.24) is 5.32 Å². The molecule has 2 aliphatic carbocycles. The van der Waals surface area contributed by atoms with Crippen LogP contribution >= 0.6 is 0 Å². The van der Waals surface area contributed by atoms with Crippen molar-refractivity contribution in [1.29, 1.82) is 0 Å². The highest BCUT2D eigenvalue weighted by Gasteiger charge is 2.47. The molecule has 3 atom stereocenters. The van der Waals surface area contributed by atoms with Gasteiger partial charge in [0.25, 0.3) is 9.84 Å². The second-order valence-electron chi connectivity index (χ2n) is 10.3. The molecular formula is C28H28F3NO3S. The molecular weight excluding hydrogens is 487 g/mol. The molecule has 3 aliphatic rings. The van der Waals surface area contributed by atoms with Crippen molar-refractivity contribution in [3.8, 4) is 5.75 Å². The maximum atomic E-state index is 13.4. The van der Waals surface area contributed by atoms with Gasteiger partial charge in [0.05, 0.1) is 12.0 Å². The van der Waals surface area contributed by atoms with E-state index in [1.54, 1.807) is 13.2 Å². The smallest absolute Gasteiger partial charge is 0.496 e. The van der Waals surface area contributed by atoms with Gasteiger partial charge in [-0.25, -0.2) is 8.42 Å². The Morgan fingerprint density at radius 1 is 1.11 bits per heavy atom. The Labute approximate surface area is 209 Å². The summed E-state index contributed by atoms with van der Waals surface area (Å²) in [6, 6.07) is 11.1. The third kappa shape index (κ3) is 3.91. The Bertz CT molecular complexity index is 1430.